The van der Waals surface area contributed by atoms with Gasteiger partial charge in [-0.15, -0.1) is 0 Å². The maximum absolute atomic E-state index is 5.78. The van der Waals surface area contributed by atoms with Crippen LogP contribution in [0.1, 0.15) is 43.5 Å². The van der Waals surface area contributed by atoms with Crippen LogP contribution in [0.15, 0.2) is 33.3 Å². The first kappa shape index (κ1) is 16.0. The summed E-state index contributed by atoms with van der Waals surface area (Å²) in [5.74, 6) is 2.45. The molecule has 5 heteroatoms. The van der Waals surface area contributed by atoms with E-state index in [0.717, 1.165) is 34.6 Å². The number of benzene rings is 1. The number of halogens is 1. The first-order valence-corrected chi connectivity index (χ1v) is 7.96. The molecule has 0 aliphatic rings. The van der Waals surface area contributed by atoms with Gasteiger partial charge in [-0.05, 0) is 38.5 Å². The molecule has 0 fully saturated rings. The highest BCUT2D eigenvalue weighted by Crippen LogP contribution is 2.24. The van der Waals surface area contributed by atoms with Gasteiger partial charge < -0.3 is 14.5 Å². The van der Waals surface area contributed by atoms with Gasteiger partial charge >= 0.3 is 0 Å². The van der Waals surface area contributed by atoms with Crippen LogP contribution in [0.25, 0.3) is 0 Å². The standard InChI is InChI=1S/C16H21BrN2O2/c1-4-7-20-15-6-5-14(17)8-13(15)10-18-12(3)16-19-9-11(2)21-16/h5-6,8-9,12,18H,4,7,10H2,1-3H3. The van der Waals surface area contributed by atoms with Crippen molar-refractivity contribution in [2.45, 2.75) is 39.8 Å². The number of nitrogens with zero attached hydrogens (tertiary/aromatic N) is 1. The molecular weight excluding hydrogens is 332 g/mol. The average molecular weight is 353 g/mol. The second-order valence-corrected chi connectivity index (χ2v) is 5.93. The Morgan fingerprint density at radius 2 is 2.24 bits per heavy atom. The van der Waals surface area contributed by atoms with Crippen molar-refractivity contribution >= 4 is 15.9 Å². The lowest BCUT2D eigenvalue weighted by molar-refractivity contribution is 0.312. The third-order valence-electron chi connectivity index (χ3n) is 3.09. The molecule has 1 aromatic heterocycles. The first-order valence-electron chi connectivity index (χ1n) is 7.17. The maximum Gasteiger partial charge on any atom is 0.211 e. The number of nitrogens with one attached hydrogen (secondary N) is 1. The zero-order valence-corrected chi connectivity index (χ0v) is 14.2. The molecule has 1 heterocycles. The zero-order chi connectivity index (χ0) is 15.2. The van der Waals surface area contributed by atoms with Crippen molar-refractivity contribution < 1.29 is 9.15 Å². The van der Waals surface area contributed by atoms with Crippen molar-refractivity contribution in [3.8, 4) is 5.75 Å². The van der Waals surface area contributed by atoms with E-state index in [9.17, 15) is 0 Å². The monoisotopic (exact) mass is 352 g/mol. The van der Waals surface area contributed by atoms with Crippen molar-refractivity contribution in [3.05, 3.63) is 46.1 Å². The Kier molecular flexibility index (Phi) is 5.82. The van der Waals surface area contributed by atoms with E-state index in [2.05, 4.69) is 39.2 Å². The first-order chi connectivity index (χ1) is 10.1. The summed E-state index contributed by atoms with van der Waals surface area (Å²) in [5.41, 5.74) is 1.12. The van der Waals surface area contributed by atoms with Crippen LogP contribution in [0.2, 0.25) is 0 Å². The SMILES string of the molecule is CCCOc1ccc(Br)cc1CNC(C)c1ncc(C)o1. The second-order valence-electron chi connectivity index (χ2n) is 5.01. The van der Waals surface area contributed by atoms with Gasteiger partial charge in [0, 0.05) is 16.6 Å². The van der Waals surface area contributed by atoms with Crippen LogP contribution in [-0.4, -0.2) is 11.6 Å². The predicted molar refractivity (Wildman–Crippen MR) is 86.4 cm³/mol. The number of ether oxygens (including phenoxy) is 1. The predicted octanol–water partition coefficient (Wildman–Crippen LogP) is 4.39. The van der Waals surface area contributed by atoms with Crippen LogP contribution in [0.3, 0.4) is 0 Å². The lowest BCUT2D eigenvalue weighted by Gasteiger charge is -2.14. The molecule has 2 rings (SSSR count). The van der Waals surface area contributed by atoms with Crippen molar-refractivity contribution in [3.63, 3.8) is 0 Å². The van der Waals surface area contributed by atoms with Crippen LogP contribution in [-0.2, 0) is 6.54 Å². The van der Waals surface area contributed by atoms with E-state index in [1.54, 1.807) is 6.20 Å². The minimum atomic E-state index is 0.0525. The Morgan fingerprint density at radius 1 is 1.43 bits per heavy atom. The van der Waals surface area contributed by atoms with Crippen molar-refractivity contribution in [2.24, 2.45) is 0 Å². The normalized spacial score (nSPS) is 12.4. The third-order valence-corrected chi connectivity index (χ3v) is 3.59. The number of hydrogen-bond donors (Lipinski definition) is 1. The summed E-state index contributed by atoms with van der Waals surface area (Å²) in [4.78, 5) is 4.25. The van der Waals surface area contributed by atoms with Crippen LogP contribution in [0, 0.1) is 6.92 Å². The zero-order valence-electron chi connectivity index (χ0n) is 12.6. The highest BCUT2D eigenvalue weighted by Gasteiger charge is 2.12. The molecule has 0 radical (unpaired) electrons. The van der Waals surface area contributed by atoms with E-state index in [-0.39, 0.29) is 6.04 Å². The van der Waals surface area contributed by atoms with E-state index in [0.29, 0.717) is 12.4 Å². The van der Waals surface area contributed by atoms with Crippen LogP contribution in [0.4, 0.5) is 0 Å². The topological polar surface area (TPSA) is 47.3 Å². The van der Waals surface area contributed by atoms with Gasteiger partial charge in [-0.3, -0.25) is 0 Å². The summed E-state index contributed by atoms with van der Waals surface area (Å²) in [5, 5.41) is 3.42. The maximum atomic E-state index is 5.78. The summed E-state index contributed by atoms with van der Waals surface area (Å²) in [6.07, 6.45) is 2.73. The van der Waals surface area contributed by atoms with E-state index in [1.807, 2.05) is 26.0 Å². The van der Waals surface area contributed by atoms with Gasteiger partial charge in [-0.1, -0.05) is 22.9 Å². The van der Waals surface area contributed by atoms with Gasteiger partial charge in [0.15, 0.2) is 0 Å². The molecule has 1 atom stereocenters. The molecule has 21 heavy (non-hydrogen) atoms. The lowest BCUT2D eigenvalue weighted by atomic mass is 10.2. The molecule has 0 spiro atoms. The third kappa shape index (κ3) is 4.58. The molecule has 1 N–H and O–H groups in total. The number of aryl methyl sites for hydroxylation is 1. The van der Waals surface area contributed by atoms with Gasteiger partial charge in [0.25, 0.3) is 0 Å². The molecule has 0 saturated heterocycles. The molecule has 1 aromatic carbocycles. The van der Waals surface area contributed by atoms with Gasteiger partial charge in [0.05, 0.1) is 18.8 Å². The Morgan fingerprint density at radius 3 is 2.90 bits per heavy atom. The van der Waals surface area contributed by atoms with E-state index >= 15 is 0 Å². The Labute approximate surface area is 134 Å². The molecule has 0 saturated carbocycles. The summed E-state index contributed by atoms with van der Waals surface area (Å²) in [7, 11) is 0. The Balaban J connectivity index is 2.02. The van der Waals surface area contributed by atoms with Crippen LogP contribution >= 0.6 is 15.9 Å². The number of oxazole rings is 1. The molecule has 0 aliphatic carbocycles. The average Bonchev–Trinajstić information content (AvgIpc) is 2.90. The fourth-order valence-corrected chi connectivity index (χ4v) is 2.37. The van der Waals surface area contributed by atoms with Gasteiger partial charge in [-0.25, -0.2) is 4.98 Å². The van der Waals surface area contributed by atoms with E-state index < -0.39 is 0 Å². The van der Waals surface area contributed by atoms with Gasteiger partial charge in [0.1, 0.15) is 11.5 Å². The minimum absolute atomic E-state index is 0.0525. The number of hydrogen-bond acceptors (Lipinski definition) is 4. The molecule has 0 bridgehead atoms. The van der Waals surface area contributed by atoms with Gasteiger partial charge in [0.2, 0.25) is 5.89 Å². The molecule has 114 valence electrons. The smallest absolute Gasteiger partial charge is 0.211 e. The molecular formula is C16H21BrN2O2. The summed E-state index contributed by atoms with van der Waals surface area (Å²) < 4.78 is 12.4. The van der Waals surface area contributed by atoms with Crippen molar-refractivity contribution in [1.82, 2.24) is 10.3 Å². The fraction of sp³-hybridized carbons (Fsp3) is 0.438. The highest BCUT2D eigenvalue weighted by molar-refractivity contribution is 9.10. The lowest BCUT2D eigenvalue weighted by Crippen LogP contribution is -2.19. The van der Waals surface area contributed by atoms with Crippen LogP contribution < -0.4 is 10.1 Å². The second kappa shape index (κ2) is 7.61. The molecule has 0 amide bonds. The van der Waals surface area contributed by atoms with Crippen LogP contribution in [0.5, 0.6) is 5.75 Å². The molecule has 4 nitrogen and oxygen atoms in total. The minimum Gasteiger partial charge on any atom is -0.493 e. The largest absolute Gasteiger partial charge is 0.493 e. The summed E-state index contributed by atoms with van der Waals surface area (Å²) in [6, 6.07) is 6.12. The molecule has 2 aromatic rings. The highest BCUT2D eigenvalue weighted by atomic mass is 79.9. The van der Waals surface area contributed by atoms with E-state index in [1.165, 1.54) is 0 Å². The van der Waals surface area contributed by atoms with Crippen molar-refractivity contribution in [2.75, 3.05) is 6.61 Å². The van der Waals surface area contributed by atoms with Gasteiger partial charge in [-0.2, -0.15) is 0 Å². The number of aromatic nitrogens is 1. The summed E-state index contributed by atoms with van der Waals surface area (Å²) >= 11 is 3.51. The molecule has 0 aliphatic heterocycles. The summed E-state index contributed by atoms with van der Waals surface area (Å²) in [6.45, 7) is 7.46. The Hall–Kier alpha value is -1.33. The van der Waals surface area contributed by atoms with Crippen molar-refractivity contribution in [1.29, 1.82) is 0 Å². The molecule has 1 unspecified atom stereocenters. The Bertz CT molecular complexity index is 583. The van der Waals surface area contributed by atoms with E-state index in [4.69, 9.17) is 9.15 Å². The number of rotatable bonds is 7. The quantitative estimate of drug-likeness (QED) is 0.802. The fourth-order valence-electron chi connectivity index (χ4n) is 1.96.